The maximum atomic E-state index is 12.3. The number of hydrogen-bond acceptors (Lipinski definition) is 2. The summed E-state index contributed by atoms with van der Waals surface area (Å²) < 4.78 is 12.3. The van der Waals surface area contributed by atoms with Gasteiger partial charge in [-0.05, 0) is 30.5 Å². The molecule has 0 spiro atoms. The Morgan fingerprint density at radius 1 is 1.50 bits per heavy atom. The average Bonchev–Trinajstić information content (AvgIpc) is 2.19. The molecule has 0 heterocycles. The Hall–Kier alpha value is -0.740. The van der Waals surface area contributed by atoms with Crippen molar-refractivity contribution in [3.63, 3.8) is 0 Å². The van der Waals surface area contributed by atoms with Gasteiger partial charge in [-0.1, -0.05) is 11.6 Å². The summed E-state index contributed by atoms with van der Waals surface area (Å²) in [6, 6.07) is 7.06. The van der Waals surface area contributed by atoms with Crippen molar-refractivity contribution in [2.45, 2.75) is 10.5 Å². The number of nitrogens with one attached hydrogen (secondary N) is 1. The van der Waals surface area contributed by atoms with Gasteiger partial charge >= 0.3 is 0 Å². The quantitative estimate of drug-likeness (QED) is 0.643. The highest BCUT2D eigenvalue weighted by Crippen LogP contribution is 2.17. The summed E-state index contributed by atoms with van der Waals surface area (Å²) >= 11 is 6.54. The van der Waals surface area contributed by atoms with Crippen molar-refractivity contribution in [2.24, 2.45) is 0 Å². The number of hydrogen-bond donors (Lipinski definition) is 1. The lowest BCUT2D eigenvalue weighted by atomic mass is 10.3. The van der Waals surface area contributed by atoms with E-state index >= 15 is 0 Å². The number of alkyl halides is 2. The molecule has 0 bridgehead atoms. The van der Waals surface area contributed by atoms with Gasteiger partial charge in [-0.25, -0.2) is 4.39 Å². The van der Waals surface area contributed by atoms with Crippen molar-refractivity contribution < 1.29 is 9.18 Å². The van der Waals surface area contributed by atoms with Crippen LogP contribution in [0.1, 0.15) is 0 Å². The molecule has 1 aromatic carbocycles. The van der Waals surface area contributed by atoms with Crippen LogP contribution in [0.2, 0.25) is 0 Å². The van der Waals surface area contributed by atoms with Gasteiger partial charge in [-0.2, -0.15) is 0 Å². The zero-order chi connectivity index (χ0) is 10.6. The third-order valence-corrected chi connectivity index (χ3v) is 2.50. The summed E-state index contributed by atoms with van der Waals surface area (Å²) in [5.41, 5.74) is -1.47. The normalized spacial score (nSPS) is 12.2. The Morgan fingerprint density at radius 3 is 2.50 bits per heavy atom. The Morgan fingerprint density at radius 2 is 2.07 bits per heavy atom. The molecule has 5 heteroatoms. The number of thioether (sulfide) groups is 1. The summed E-state index contributed by atoms with van der Waals surface area (Å²) in [5, 5.41) is 2.34. The van der Waals surface area contributed by atoms with Gasteiger partial charge in [-0.3, -0.25) is 4.79 Å². The van der Waals surface area contributed by atoms with Gasteiger partial charge in [0.15, 0.2) is 0 Å². The van der Waals surface area contributed by atoms with Crippen LogP contribution in [0.4, 0.5) is 10.1 Å². The summed E-state index contributed by atoms with van der Waals surface area (Å²) in [4.78, 5) is 11.9. The summed E-state index contributed by atoms with van der Waals surface area (Å²) in [6.07, 6.45) is 1.95. The van der Waals surface area contributed by atoms with Crippen molar-refractivity contribution in [1.82, 2.24) is 0 Å². The first-order chi connectivity index (χ1) is 6.63. The second-order valence-corrected chi connectivity index (χ2v) is 3.78. The van der Waals surface area contributed by atoms with E-state index in [0.717, 1.165) is 4.90 Å². The lowest BCUT2D eigenvalue weighted by Gasteiger charge is -2.04. The maximum Gasteiger partial charge on any atom is 0.274 e. The van der Waals surface area contributed by atoms with Crippen LogP contribution in [0, 0.1) is 0 Å². The Bertz CT molecular complexity index is 315. The van der Waals surface area contributed by atoms with Gasteiger partial charge in [0, 0.05) is 10.6 Å². The Kier molecular flexibility index (Phi) is 4.22. The van der Waals surface area contributed by atoms with Crippen LogP contribution in [0.15, 0.2) is 29.2 Å². The largest absolute Gasteiger partial charge is 0.322 e. The SMILES string of the molecule is CSc1ccc(NC(=O)C(F)Cl)cc1. The number of halogens is 2. The molecule has 0 saturated heterocycles. The van der Waals surface area contributed by atoms with E-state index in [4.69, 9.17) is 11.6 Å². The standard InChI is InChI=1S/C9H9ClFNOS/c1-14-7-4-2-6(3-5-7)12-9(13)8(10)11/h2-5,8H,1H3,(H,12,13). The fraction of sp³-hybridized carbons (Fsp3) is 0.222. The molecule has 0 aliphatic rings. The van der Waals surface area contributed by atoms with Crippen LogP contribution >= 0.6 is 23.4 Å². The van der Waals surface area contributed by atoms with E-state index in [1.54, 1.807) is 23.9 Å². The maximum absolute atomic E-state index is 12.3. The first kappa shape index (κ1) is 11.3. The molecule has 1 rings (SSSR count). The van der Waals surface area contributed by atoms with Crippen LogP contribution in [0.5, 0.6) is 0 Å². The minimum Gasteiger partial charge on any atom is -0.322 e. The van der Waals surface area contributed by atoms with Crippen molar-refractivity contribution >= 4 is 35.0 Å². The summed E-state index contributed by atoms with van der Waals surface area (Å²) in [7, 11) is 0. The van der Waals surface area contributed by atoms with E-state index in [-0.39, 0.29) is 0 Å². The number of benzene rings is 1. The van der Waals surface area contributed by atoms with Crippen LogP contribution in [-0.2, 0) is 4.79 Å². The molecular weight excluding hydrogens is 225 g/mol. The molecule has 0 aliphatic carbocycles. The number of anilines is 1. The van der Waals surface area contributed by atoms with Gasteiger partial charge in [-0.15, -0.1) is 11.8 Å². The van der Waals surface area contributed by atoms with Gasteiger partial charge in [0.05, 0.1) is 0 Å². The molecule has 1 amide bonds. The van der Waals surface area contributed by atoms with Crippen molar-refractivity contribution in [3.8, 4) is 0 Å². The average molecular weight is 234 g/mol. The zero-order valence-electron chi connectivity index (χ0n) is 7.46. The molecular formula is C9H9ClFNOS. The first-order valence-electron chi connectivity index (χ1n) is 3.86. The van der Waals surface area contributed by atoms with Crippen LogP contribution in [0.25, 0.3) is 0 Å². The molecule has 0 aliphatic heterocycles. The molecule has 1 unspecified atom stereocenters. The molecule has 0 radical (unpaired) electrons. The second-order valence-electron chi connectivity index (χ2n) is 2.52. The molecule has 1 aromatic rings. The fourth-order valence-corrected chi connectivity index (χ4v) is 1.33. The number of carbonyl (C=O) groups is 1. The van der Waals surface area contributed by atoms with E-state index < -0.39 is 11.5 Å². The predicted octanol–water partition coefficient (Wildman–Crippen LogP) is 2.88. The van der Waals surface area contributed by atoms with E-state index in [1.165, 1.54) is 0 Å². The monoisotopic (exact) mass is 233 g/mol. The molecule has 0 aromatic heterocycles. The van der Waals surface area contributed by atoms with E-state index in [0.29, 0.717) is 5.69 Å². The third kappa shape index (κ3) is 3.20. The van der Waals surface area contributed by atoms with Gasteiger partial charge in [0.25, 0.3) is 11.5 Å². The van der Waals surface area contributed by atoms with Crippen LogP contribution in [-0.4, -0.2) is 17.8 Å². The first-order valence-corrected chi connectivity index (χ1v) is 5.52. The summed E-state index contributed by atoms with van der Waals surface area (Å²) in [5.74, 6) is -0.844. The second kappa shape index (κ2) is 5.22. The highest BCUT2D eigenvalue weighted by molar-refractivity contribution is 7.98. The minimum absolute atomic E-state index is 0.538. The molecule has 1 atom stereocenters. The van der Waals surface area contributed by atoms with Gasteiger partial charge in [0.2, 0.25) is 0 Å². The Labute approximate surface area is 90.8 Å². The zero-order valence-corrected chi connectivity index (χ0v) is 9.03. The molecule has 0 saturated carbocycles. The lowest BCUT2D eigenvalue weighted by Crippen LogP contribution is -2.19. The number of carbonyl (C=O) groups excluding carboxylic acids is 1. The fourth-order valence-electron chi connectivity index (χ4n) is 0.871. The van der Waals surface area contributed by atoms with Crippen LogP contribution < -0.4 is 5.32 Å². The minimum atomic E-state index is -2.00. The topological polar surface area (TPSA) is 29.1 Å². The Balaban J connectivity index is 2.64. The number of amides is 1. The van der Waals surface area contributed by atoms with Crippen LogP contribution in [0.3, 0.4) is 0 Å². The molecule has 76 valence electrons. The molecule has 0 fully saturated rings. The highest BCUT2D eigenvalue weighted by atomic mass is 35.5. The highest BCUT2D eigenvalue weighted by Gasteiger charge is 2.12. The van der Waals surface area contributed by atoms with E-state index in [2.05, 4.69) is 5.32 Å². The van der Waals surface area contributed by atoms with Crippen molar-refractivity contribution in [3.05, 3.63) is 24.3 Å². The molecule has 14 heavy (non-hydrogen) atoms. The van der Waals surface area contributed by atoms with E-state index in [1.807, 2.05) is 18.4 Å². The van der Waals surface area contributed by atoms with Crippen molar-refractivity contribution in [1.29, 1.82) is 0 Å². The molecule has 1 N–H and O–H groups in total. The lowest BCUT2D eigenvalue weighted by molar-refractivity contribution is -0.118. The number of rotatable bonds is 3. The smallest absolute Gasteiger partial charge is 0.274 e. The predicted molar refractivity (Wildman–Crippen MR) is 57.6 cm³/mol. The summed E-state index contributed by atoms with van der Waals surface area (Å²) in [6.45, 7) is 0. The van der Waals surface area contributed by atoms with Gasteiger partial charge in [0.1, 0.15) is 0 Å². The van der Waals surface area contributed by atoms with Gasteiger partial charge < -0.3 is 5.32 Å². The van der Waals surface area contributed by atoms with E-state index in [9.17, 15) is 9.18 Å². The molecule has 2 nitrogen and oxygen atoms in total. The van der Waals surface area contributed by atoms with Crippen molar-refractivity contribution in [2.75, 3.05) is 11.6 Å². The third-order valence-electron chi connectivity index (χ3n) is 1.56.